The zero-order valence-electron chi connectivity index (χ0n) is 14.0. The van der Waals surface area contributed by atoms with Crippen LogP contribution in [0.5, 0.6) is 5.75 Å². The fourth-order valence-corrected chi connectivity index (χ4v) is 2.79. The Balaban J connectivity index is 1.70. The summed E-state index contributed by atoms with van der Waals surface area (Å²) in [6.07, 6.45) is 0. The lowest BCUT2D eigenvalue weighted by molar-refractivity contribution is -0.121. The van der Waals surface area contributed by atoms with Gasteiger partial charge in [-0.2, -0.15) is 5.10 Å². The van der Waals surface area contributed by atoms with Gasteiger partial charge in [0.25, 0.3) is 0 Å². The number of benzene rings is 2. The summed E-state index contributed by atoms with van der Waals surface area (Å²) in [5, 5.41) is 10.5. The maximum atomic E-state index is 12.4. The van der Waals surface area contributed by atoms with Crippen molar-refractivity contribution >= 4 is 29.7 Å². The van der Waals surface area contributed by atoms with Crippen molar-refractivity contribution in [2.24, 2.45) is 0 Å². The summed E-state index contributed by atoms with van der Waals surface area (Å²) in [6, 6.07) is 14.7. The number of H-pyrrole nitrogens is 1. The molecule has 0 saturated carbocycles. The van der Waals surface area contributed by atoms with Crippen LogP contribution in [0.1, 0.15) is 5.56 Å². The van der Waals surface area contributed by atoms with Gasteiger partial charge in [-0.1, -0.05) is 23.7 Å². The van der Waals surface area contributed by atoms with Crippen molar-refractivity contribution in [3.8, 4) is 17.1 Å². The molecule has 0 bridgehead atoms. The Morgan fingerprint density at radius 3 is 2.81 bits per heavy atom. The van der Waals surface area contributed by atoms with Crippen molar-refractivity contribution in [2.45, 2.75) is 13.1 Å². The summed E-state index contributed by atoms with van der Waals surface area (Å²) in [5.74, 6) is 1.17. The van der Waals surface area contributed by atoms with Gasteiger partial charge in [-0.05, 0) is 54.2 Å². The number of aromatic nitrogens is 3. The van der Waals surface area contributed by atoms with Crippen LogP contribution in [0.4, 0.5) is 0 Å². The maximum Gasteiger partial charge on any atom is 0.240 e. The van der Waals surface area contributed by atoms with Crippen molar-refractivity contribution < 1.29 is 9.53 Å². The molecule has 26 heavy (non-hydrogen) atoms. The molecular formula is C18H17ClN4O2S. The molecule has 1 heterocycles. The topological polar surface area (TPSA) is 71.9 Å². The standard InChI is InChI=1S/C18H17ClN4O2S/c1-25-15-4-2-3-12(9-15)10-20-16(24)11-23-17(21-22-18(23)26)13-5-7-14(19)8-6-13/h2-9H,10-11H2,1H3,(H,20,24)(H,22,26). The molecule has 2 N–H and O–H groups in total. The summed E-state index contributed by atoms with van der Waals surface area (Å²) in [4.78, 5) is 12.4. The Morgan fingerprint density at radius 2 is 2.08 bits per heavy atom. The molecule has 8 heteroatoms. The van der Waals surface area contributed by atoms with E-state index in [1.54, 1.807) is 23.8 Å². The highest BCUT2D eigenvalue weighted by Crippen LogP contribution is 2.20. The van der Waals surface area contributed by atoms with E-state index in [1.807, 2.05) is 36.4 Å². The van der Waals surface area contributed by atoms with Gasteiger partial charge in [0.2, 0.25) is 5.91 Å². The van der Waals surface area contributed by atoms with Crippen LogP contribution in [0.25, 0.3) is 11.4 Å². The highest BCUT2D eigenvalue weighted by atomic mass is 35.5. The SMILES string of the molecule is COc1cccc(CNC(=O)Cn2c(-c3ccc(Cl)cc3)n[nH]c2=S)c1. The van der Waals surface area contributed by atoms with Gasteiger partial charge in [0, 0.05) is 17.1 Å². The minimum absolute atomic E-state index is 0.0667. The lowest BCUT2D eigenvalue weighted by atomic mass is 10.2. The maximum absolute atomic E-state index is 12.4. The third-order valence-corrected chi connectivity index (χ3v) is 4.35. The molecule has 3 aromatic rings. The van der Waals surface area contributed by atoms with E-state index < -0.39 is 0 Å². The largest absolute Gasteiger partial charge is 0.497 e. The monoisotopic (exact) mass is 388 g/mol. The Bertz CT molecular complexity index is 966. The van der Waals surface area contributed by atoms with Crippen LogP contribution in [-0.2, 0) is 17.9 Å². The molecular weight excluding hydrogens is 372 g/mol. The lowest BCUT2D eigenvalue weighted by Crippen LogP contribution is -2.27. The first-order chi connectivity index (χ1) is 12.6. The third kappa shape index (κ3) is 4.30. The fourth-order valence-electron chi connectivity index (χ4n) is 2.47. The van der Waals surface area contributed by atoms with Crippen LogP contribution in [0, 0.1) is 4.77 Å². The number of rotatable bonds is 6. The highest BCUT2D eigenvalue weighted by Gasteiger charge is 2.12. The minimum Gasteiger partial charge on any atom is -0.497 e. The average Bonchev–Trinajstić information content (AvgIpc) is 3.01. The van der Waals surface area contributed by atoms with E-state index in [1.165, 1.54) is 0 Å². The van der Waals surface area contributed by atoms with E-state index in [0.717, 1.165) is 16.9 Å². The van der Waals surface area contributed by atoms with Crippen molar-refractivity contribution in [1.29, 1.82) is 0 Å². The first-order valence-corrected chi connectivity index (χ1v) is 8.66. The molecule has 1 aromatic heterocycles. The Kier molecular flexibility index (Phi) is 5.70. The van der Waals surface area contributed by atoms with Crippen LogP contribution < -0.4 is 10.1 Å². The van der Waals surface area contributed by atoms with E-state index >= 15 is 0 Å². The number of aromatic amines is 1. The molecule has 134 valence electrons. The zero-order valence-corrected chi connectivity index (χ0v) is 15.6. The predicted molar refractivity (Wildman–Crippen MR) is 103 cm³/mol. The van der Waals surface area contributed by atoms with Crippen LogP contribution in [0.2, 0.25) is 5.02 Å². The smallest absolute Gasteiger partial charge is 0.240 e. The Labute approximate surface area is 160 Å². The molecule has 2 aromatic carbocycles. The number of methoxy groups -OCH3 is 1. The number of nitrogens with one attached hydrogen (secondary N) is 2. The van der Waals surface area contributed by atoms with E-state index in [-0.39, 0.29) is 12.5 Å². The lowest BCUT2D eigenvalue weighted by Gasteiger charge is -2.09. The second kappa shape index (κ2) is 8.16. The third-order valence-electron chi connectivity index (χ3n) is 3.79. The van der Waals surface area contributed by atoms with E-state index in [0.29, 0.717) is 22.2 Å². The molecule has 0 unspecified atom stereocenters. The number of carbonyl (C=O) groups is 1. The zero-order chi connectivity index (χ0) is 18.5. The molecule has 0 saturated heterocycles. The predicted octanol–water partition coefficient (Wildman–Crippen LogP) is 3.59. The second-order valence-electron chi connectivity index (χ2n) is 5.57. The molecule has 3 rings (SSSR count). The number of amides is 1. The fraction of sp³-hybridized carbons (Fsp3) is 0.167. The van der Waals surface area contributed by atoms with Crippen molar-refractivity contribution in [2.75, 3.05) is 7.11 Å². The number of hydrogen-bond donors (Lipinski definition) is 2. The molecule has 1 amide bonds. The van der Waals surface area contributed by atoms with Gasteiger partial charge in [0.05, 0.1) is 7.11 Å². The number of nitrogens with zero attached hydrogens (tertiary/aromatic N) is 2. The number of ether oxygens (including phenoxy) is 1. The minimum atomic E-state index is -0.166. The first kappa shape index (κ1) is 18.2. The summed E-state index contributed by atoms with van der Waals surface area (Å²) < 4.78 is 7.22. The van der Waals surface area contributed by atoms with Gasteiger partial charge in [-0.3, -0.25) is 14.5 Å². The molecule has 0 aliphatic rings. The molecule has 0 atom stereocenters. The number of halogens is 1. The van der Waals surface area contributed by atoms with E-state index in [4.69, 9.17) is 28.6 Å². The number of hydrogen-bond acceptors (Lipinski definition) is 4. The van der Waals surface area contributed by atoms with Crippen molar-refractivity contribution in [1.82, 2.24) is 20.1 Å². The average molecular weight is 389 g/mol. The molecule has 0 fully saturated rings. The summed E-state index contributed by atoms with van der Waals surface area (Å²) in [6.45, 7) is 0.467. The van der Waals surface area contributed by atoms with Gasteiger partial charge < -0.3 is 10.1 Å². The molecule has 0 radical (unpaired) electrons. The normalized spacial score (nSPS) is 10.5. The summed E-state index contributed by atoms with van der Waals surface area (Å²) in [7, 11) is 1.61. The van der Waals surface area contributed by atoms with Crippen LogP contribution in [-0.4, -0.2) is 27.8 Å². The van der Waals surface area contributed by atoms with Gasteiger partial charge >= 0.3 is 0 Å². The van der Waals surface area contributed by atoms with Crippen molar-refractivity contribution in [3.63, 3.8) is 0 Å². The number of carbonyl (C=O) groups excluding carboxylic acids is 1. The molecule has 6 nitrogen and oxygen atoms in total. The second-order valence-corrected chi connectivity index (χ2v) is 6.40. The summed E-state index contributed by atoms with van der Waals surface area (Å²) >= 11 is 11.2. The van der Waals surface area contributed by atoms with E-state index in [9.17, 15) is 4.79 Å². The summed E-state index contributed by atoms with van der Waals surface area (Å²) in [5.41, 5.74) is 1.77. The van der Waals surface area contributed by atoms with Gasteiger partial charge in [-0.15, -0.1) is 0 Å². The Hall–Kier alpha value is -2.64. The van der Waals surface area contributed by atoms with Gasteiger partial charge in [-0.25, -0.2) is 0 Å². The Morgan fingerprint density at radius 1 is 1.31 bits per heavy atom. The van der Waals surface area contributed by atoms with Gasteiger partial charge in [0.1, 0.15) is 12.3 Å². The molecule has 0 aliphatic carbocycles. The van der Waals surface area contributed by atoms with Crippen LogP contribution in [0.3, 0.4) is 0 Å². The van der Waals surface area contributed by atoms with Gasteiger partial charge in [0.15, 0.2) is 10.6 Å². The van der Waals surface area contributed by atoms with Crippen molar-refractivity contribution in [3.05, 3.63) is 63.9 Å². The molecule has 0 spiro atoms. The molecule has 0 aliphatic heterocycles. The quantitative estimate of drug-likeness (QED) is 0.633. The van der Waals surface area contributed by atoms with Crippen LogP contribution in [0.15, 0.2) is 48.5 Å². The highest BCUT2D eigenvalue weighted by molar-refractivity contribution is 7.71. The first-order valence-electron chi connectivity index (χ1n) is 7.87. The van der Waals surface area contributed by atoms with Crippen LogP contribution >= 0.6 is 23.8 Å². The van der Waals surface area contributed by atoms with E-state index in [2.05, 4.69) is 15.5 Å².